The van der Waals surface area contributed by atoms with Gasteiger partial charge in [-0.25, -0.2) is 4.98 Å². The second kappa shape index (κ2) is 5.94. The van der Waals surface area contributed by atoms with E-state index in [9.17, 15) is 10.1 Å². The van der Waals surface area contributed by atoms with Gasteiger partial charge in [0.25, 0.3) is 5.69 Å². The van der Waals surface area contributed by atoms with Crippen molar-refractivity contribution in [3.05, 3.63) is 27.9 Å². The zero-order valence-corrected chi connectivity index (χ0v) is 10.8. The molecule has 1 N–H and O–H groups in total. The summed E-state index contributed by atoms with van der Waals surface area (Å²) in [6.07, 6.45) is 1.88. The number of hydrogen-bond acceptors (Lipinski definition) is 6. The Morgan fingerprint density at radius 2 is 2.47 bits per heavy atom. The van der Waals surface area contributed by atoms with E-state index in [-0.39, 0.29) is 18.3 Å². The lowest BCUT2D eigenvalue weighted by atomic mass is 10.1. The van der Waals surface area contributed by atoms with Gasteiger partial charge in [-0.1, -0.05) is 0 Å². The Kier molecular flexibility index (Phi) is 4.28. The first-order valence-electron chi connectivity index (χ1n) is 6.19. The number of nitrogens with zero attached hydrogens (tertiary/aromatic N) is 3. The molecule has 0 amide bonds. The Morgan fingerprint density at radius 1 is 1.68 bits per heavy atom. The predicted molar refractivity (Wildman–Crippen MR) is 69.3 cm³/mol. The summed E-state index contributed by atoms with van der Waals surface area (Å²) in [6.45, 7) is 3.59. The van der Waals surface area contributed by atoms with Crippen LogP contribution >= 0.6 is 0 Å². The average Bonchev–Trinajstić information content (AvgIpc) is 2.39. The van der Waals surface area contributed by atoms with E-state index in [4.69, 9.17) is 9.84 Å². The Balaban J connectivity index is 2.24. The summed E-state index contributed by atoms with van der Waals surface area (Å²) in [4.78, 5) is 16.5. The fraction of sp³-hybridized carbons (Fsp3) is 0.583. The molecule has 1 aliphatic rings. The average molecular weight is 267 g/mol. The summed E-state index contributed by atoms with van der Waals surface area (Å²) < 4.78 is 5.39. The molecule has 1 aromatic heterocycles. The molecule has 0 bridgehead atoms. The van der Waals surface area contributed by atoms with Crippen LogP contribution in [0.2, 0.25) is 0 Å². The minimum Gasteiger partial charge on any atom is -0.396 e. The van der Waals surface area contributed by atoms with Crippen LogP contribution in [-0.4, -0.2) is 47.4 Å². The van der Waals surface area contributed by atoms with Crippen LogP contribution in [0.15, 0.2) is 12.3 Å². The normalized spacial score (nSPS) is 19.5. The van der Waals surface area contributed by atoms with E-state index < -0.39 is 4.92 Å². The Labute approximate surface area is 111 Å². The van der Waals surface area contributed by atoms with Crippen molar-refractivity contribution in [2.24, 2.45) is 0 Å². The highest BCUT2D eigenvalue weighted by Gasteiger charge is 2.25. The van der Waals surface area contributed by atoms with Crippen molar-refractivity contribution in [1.82, 2.24) is 4.98 Å². The number of pyridine rings is 1. The van der Waals surface area contributed by atoms with Gasteiger partial charge >= 0.3 is 0 Å². The van der Waals surface area contributed by atoms with Gasteiger partial charge in [-0.15, -0.1) is 0 Å². The topological polar surface area (TPSA) is 88.7 Å². The van der Waals surface area contributed by atoms with Crippen LogP contribution in [0.1, 0.15) is 12.0 Å². The summed E-state index contributed by atoms with van der Waals surface area (Å²) in [5, 5.41) is 19.8. The molecular weight excluding hydrogens is 250 g/mol. The van der Waals surface area contributed by atoms with Crippen LogP contribution in [0.3, 0.4) is 0 Å². The van der Waals surface area contributed by atoms with E-state index in [0.717, 1.165) is 0 Å². The molecule has 0 aliphatic carbocycles. The second-order valence-corrected chi connectivity index (χ2v) is 4.52. The van der Waals surface area contributed by atoms with Crippen molar-refractivity contribution in [2.45, 2.75) is 19.4 Å². The van der Waals surface area contributed by atoms with Gasteiger partial charge in [0.1, 0.15) is 12.0 Å². The molecule has 0 spiro atoms. The zero-order valence-electron chi connectivity index (χ0n) is 10.8. The maximum Gasteiger partial charge on any atom is 0.290 e. The quantitative estimate of drug-likeness (QED) is 0.643. The first-order valence-corrected chi connectivity index (χ1v) is 6.19. The molecule has 1 aliphatic heterocycles. The third kappa shape index (κ3) is 2.99. The van der Waals surface area contributed by atoms with Crippen molar-refractivity contribution in [3.63, 3.8) is 0 Å². The monoisotopic (exact) mass is 267 g/mol. The maximum atomic E-state index is 10.8. The van der Waals surface area contributed by atoms with Crippen molar-refractivity contribution in [2.75, 3.05) is 31.3 Å². The number of aryl methyl sites for hydroxylation is 1. The van der Waals surface area contributed by atoms with E-state index >= 15 is 0 Å². The molecule has 1 unspecified atom stereocenters. The molecule has 1 saturated heterocycles. The Bertz CT molecular complexity index is 464. The van der Waals surface area contributed by atoms with Gasteiger partial charge < -0.3 is 14.7 Å². The third-order valence-corrected chi connectivity index (χ3v) is 3.25. The van der Waals surface area contributed by atoms with Gasteiger partial charge in [-0.05, 0) is 19.4 Å². The van der Waals surface area contributed by atoms with Crippen LogP contribution in [0.25, 0.3) is 0 Å². The summed E-state index contributed by atoms with van der Waals surface area (Å²) in [5.41, 5.74) is 0.611. The van der Waals surface area contributed by atoms with Gasteiger partial charge in [0.2, 0.25) is 0 Å². The minimum absolute atomic E-state index is 0.0238. The van der Waals surface area contributed by atoms with Crippen molar-refractivity contribution >= 4 is 11.5 Å². The molecule has 0 aromatic carbocycles. The largest absolute Gasteiger partial charge is 0.396 e. The number of rotatable bonds is 4. The highest BCUT2D eigenvalue weighted by molar-refractivity contribution is 5.49. The highest BCUT2D eigenvalue weighted by atomic mass is 16.6. The number of aliphatic hydroxyl groups is 1. The lowest BCUT2D eigenvalue weighted by Crippen LogP contribution is -2.46. The first kappa shape index (κ1) is 13.7. The zero-order chi connectivity index (χ0) is 13.8. The molecule has 0 radical (unpaired) electrons. The Hall–Kier alpha value is -1.73. The van der Waals surface area contributed by atoms with Gasteiger partial charge in [-0.3, -0.25) is 10.1 Å². The molecule has 2 rings (SSSR count). The summed E-state index contributed by atoms with van der Waals surface area (Å²) in [7, 11) is 0. The van der Waals surface area contributed by atoms with Gasteiger partial charge in [0.05, 0.1) is 24.2 Å². The number of anilines is 1. The lowest BCUT2D eigenvalue weighted by molar-refractivity contribution is -0.385. The molecule has 19 heavy (non-hydrogen) atoms. The van der Waals surface area contributed by atoms with Gasteiger partial charge in [0.15, 0.2) is 0 Å². The number of nitro groups is 1. The van der Waals surface area contributed by atoms with Crippen molar-refractivity contribution in [1.29, 1.82) is 0 Å². The number of ether oxygens (including phenoxy) is 1. The van der Waals surface area contributed by atoms with Gasteiger partial charge in [-0.2, -0.15) is 0 Å². The fourth-order valence-corrected chi connectivity index (χ4v) is 2.23. The standard InChI is InChI=1S/C12H17N3O4/c1-9-6-12(13-7-11(9)15(17)18)14-3-5-19-8-10(14)2-4-16/h6-7,10,16H,2-5,8H2,1H3. The smallest absolute Gasteiger partial charge is 0.290 e. The number of aromatic nitrogens is 1. The molecule has 1 aromatic rings. The van der Waals surface area contributed by atoms with Crippen LogP contribution in [0, 0.1) is 17.0 Å². The Morgan fingerprint density at radius 3 is 3.11 bits per heavy atom. The van der Waals surface area contributed by atoms with Crippen LogP contribution < -0.4 is 4.90 Å². The summed E-state index contributed by atoms with van der Waals surface area (Å²) in [6, 6.07) is 1.78. The van der Waals surface area contributed by atoms with Crippen LogP contribution in [0.5, 0.6) is 0 Å². The van der Waals surface area contributed by atoms with Crippen LogP contribution in [0.4, 0.5) is 11.5 Å². The molecule has 7 nitrogen and oxygen atoms in total. The van der Waals surface area contributed by atoms with E-state index in [0.29, 0.717) is 37.6 Å². The summed E-state index contributed by atoms with van der Waals surface area (Å²) >= 11 is 0. The van der Waals surface area contributed by atoms with Crippen LogP contribution in [-0.2, 0) is 4.74 Å². The third-order valence-electron chi connectivity index (χ3n) is 3.25. The van der Waals surface area contributed by atoms with E-state index in [1.54, 1.807) is 13.0 Å². The fourth-order valence-electron chi connectivity index (χ4n) is 2.23. The SMILES string of the molecule is Cc1cc(N2CCOCC2CCO)ncc1[N+](=O)[O-]. The number of aliphatic hydroxyl groups excluding tert-OH is 1. The van der Waals surface area contributed by atoms with E-state index in [1.165, 1.54) is 6.20 Å². The summed E-state index contributed by atoms with van der Waals surface area (Å²) in [5.74, 6) is 0.699. The molecule has 1 fully saturated rings. The first-order chi connectivity index (χ1) is 9.13. The molecule has 0 saturated carbocycles. The second-order valence-electron chi connectivity index (χ2n) is 4.52. The molecule has 7 heteroatoms. The number of morpholine rings is 1. The van der Waals surface area contributed by atoms with E-state index in [1.807, 2.05) is 4.90 Å². The molecule has 104 valence electrons. The van der Waals surface area contributed by atoms with Gasteiger partial charge in [0, 0.05) is 18.7 Å². The predicted octanol–water partition coefficient (Wildman–Crippen LogP) is 0.886. The number of hydrogen-bond donors (Lipinski definition) is 1. The highest BCUT2D eigenvalue weighted by Crippen LogP contribution is 2.24. The van der Waals surface area contributed by atoms with Crippen molar-refractivity contribution < 1.29 is 14.8 Å². The van der Waals surface area contributed by atoms with E-state index in [2.05, 4.69) is 4.98 Å². The lowest BCUT2D eigenvalue weighted by Gasteiger charge is -2.36. The molecule has 2 heterocycles. The van der Waals surface area contributed by atoms with Crippen molar-refractivity contribution in [3.8, 4) is 0 Å². The molecule has 1 atom stereocenters. The molecular formula is C12H17N3O4. The minimum atomic E-state index is -0.434. The maximum absolute atomic E-state index is 10.8.